The second-order valence-corrected chi connectivity index (χ2v) is 6.64. The molecule has 1 aromatic heterocycles. The van der Waals surface area contributed by atoms with Gasteiger partial charge in [0.15, 0.2) is 0 Å². The fourth-order valence-corrected chi connectivity index (χ4v) is 3.61. The lowest BCUT2D eigenvalue weighted by Crippen LogP contribution is -2.44. The number of benzene rings is 2. The van der Waals surface area contributed by atoms with Crippen LogP contribution in [0.25, 0.3) is 11.0 Å². The molecule has 0 bridgehead atoms. The Bertz CT molecular complexity index is 870. The van der Waals surface area contributed by atoms with E-state index >= 15 is 0 Å². The van der Waals surface area contributed by atoms with E-state index < -0.39 is 0 Å². The normalized spacial score (nSPS) is 18.0. The Labute approximate surface area is 147 Å². The highest BCUT2D eigenvalue weighted by Crippen LogP contribution is 2.32. The summed E-state index contributed by atoms with van der Waals surface area (Å²) in [7, 11) is 0. The molecule has 0 fully saturated rings. The Morgan fingerprint density at radius 1 is 1.20 bits per heavy atom. The molecule has 2 N–H and O–H groups in total. The molecule has 0 aliphatic heterocycles. The first-order chi connectivity index (χ1) is 12.2. The van der Waals surface area contributed by atoms with Crippen LogP contribution in [0, 0.1) is 0 Å². The molecular formula is C21H23NO3. The van der Waals surface area contributed by atoms with E-state index in [0.717, 1.165) is 36.8 Å². The van der Waals surface area contributed by atoms with Crippen LogP contribution in [0.2, 0.25) is 0 Å². The first kappa shape index (κ1) is 16.0. The highest BCUT2D eigenvalue weighted by Gasteiger charge is 2.22. The minimum atomic E-state index is -0.0871. The average molecular weight is 337 g/mol. The second kappa shape index (κ2) is 6.81. The van der Waals surface area contributed by atoms with Crippen LogP contribution in [0.5, 0.6) is 11.7 Å². The summed E-state index contributed by atoms with van der Waals surface area (Å²) < 4.78 is 11.5. The van der Waals surface area contributed by atoms with E-state index in [1.165, 1.54) is 11.1 Å². The number of hydrogen-bond acceptors (Lipinski definition) is 4. The SMILES string of the molecule is CCC(NC1CCc2ccccc2C1)Oc1cccc2oc(O)cc12. The van der Waals surface area contributed by atoms with Crippen molar-refractivity contribution in [2.24, 2.45) is 0 Å². The van der Waals surface area contributed by atoms with Crippen LogP contribution in [-0.4, -0.2) is 17.4 Å². The predicted molar refractivity (Wildman–Crippen MR) is 98.0 cm³/mol. The van der Waals surface area contributed by atoms with Gasteiger partial charge >= 0.3 is 0 Å². The molecule has 1 aliphatic carbocycles. The predicted octanol–water partition coefficient (Wildman–Crippen LogP) is 4.40. The van der Waals surface area contributed by atoms with Gasteiger partial charge in [-0.1, -0.05) is 37.3 Å². The molecule has 0 amide bonds. The molecule has 130 valence electrons. The Kier molecular flexibility index (Phi) is 4.36. The molecule has 4 heteroatoms. The summed E-state index contributed by atoms with van der Waals surface area (Å²) in [5, 5.41) is 14.0. The molecule has 0 spiro atoms. The van der Waals surface area contributed by atoms with Crippen LogP contribution in [0.3, 0.4) is 0 Å². The van der Waals surface area contributed by atoms with Gasteiger partial charge in [0.1, 0.15) is 17.6 Å². The van der Waals surface area contributed by atoms with Crippen molar-refractivity contribution in [3.63, 3.8) is 0 Å². The molecule has 1 heterocycles. The van der Waals surface area contributed by atoms with Crippen LogP contribution >= 0.6 is 0 Å². The largest absolute Gasteiger partial charge is 0.481 e. The Balaban J connectivity index is 1.48. The minimum absolute atomic E-state index is 0.0714. The van der Waals surface area contributed by atoms with Crippen molar-refractivity contribution in [3.8, 4) is 11.7 Å². The zero-order valence-corrected chi connectivity index (χ0v) is 14.4. The van der Waals surface area contributed by atoms with Gasteiger partial charge in [-0.15, -0.1) is 0 Å². The summed E-state index contributed by atoms with van der Waals surface area (Å²) in [5.74, 6) is 0.646. The van der Waals surface area contributed by atoms with Crippen molar-refractivity contribution in [1.82, 2.24) is 5.32 Å². The van der Waals surface area contributed by atoms with Crippen molar-refractivity contribution < 1.29 is 14.3 Å². The molecule has 4 rings (SSSR count). The standard InChI is InChI=1S/C21H23NO3/c1-2-20(22-16-11-10-14-6-3-4-7-15(14)12-16)24-18-8-5-9-19-17(18)13-21(23)25-19/h3-9,13,16,20,22-23H,2,10-12H2,1H3. The molecule has 4 nitrogen and oxygen atoms in total. The summed E-state index contributed by atoms with van der Waals surface area (Å²) in [6.07, 6.45) is 4.05. The van der Waals surface area contributed by atoms with Gasteiger partial charge in [-0.2, -0.15) is 0 Å². The molecule has 2 atom stereocenters. The third-order valence-electron chi connectivity index (χ3n) is 4.92. The first-order valence-electron chi connectivity index (χ1n) is 8.94. The molecule has 2 unspecified atom stereocenters. The summed E-state index contributed by atoms with van der Waals surface area (Å²) in [5.41, 5.74) is 3.53. The summed E-state index contributed by atoms with van der Waals surface area (Å²) in [6.45, 7) is 2.11. The number of aromatic hydroxyl groups is 1. The molecule has 3 aromatic rings. The number of hydrogen-bond donors (Lipinski definition) is 2. The van der Waals surface area contributed by atoms with Crippen LogP contribution in [0.15, 0.2) is 52.9 Å². The summed E-state index contributed by atoms with van der Waals surface area (Å²) in [4.78, 5) is 0. The number of furan rings is 1. The molecule has 1 aliphatic rings. The first-order valence-corrected chi connectivity index (χ1v) is 8.94. The van der Waals surface area contributed by atoms with Crippen LogP contribution in [-0.2, 0) is 12.8 Å². The average Bonchev–Trinajstić information content (AvgIpc) is 3.02. The number of ether oxygens (including phenoxy) is 1. The lowest BCUT2D eigenvalue weighted by atomic mass is 9.88. The van der Waals surface area contributed by atoms with E-state index in [-0.39, 0.29) is 12.2 Å². The highest BCUT2D eigenvalue weighted by atomic mass is 16.5. The molecule has 2 aromatic carbocycles. The maximum absolute atomic E-state index is 9.59. The Hall–Kier alpha value is -2.46. The molecule has 0 saturated heterocycles. The molecule has 25 heavy (non-hydrogen) atoms. The summed E-state index contributed by atoms with van der Waals surface area (Å²) >= 11 is 0. The number of aryl methyl sites for hydroxylation is 1. The second-order valence-electron chi connectivity index (χ2n) is 6.64. The summed E-state index contributed by atoms with van der Waals surface area (Å²) in [6, 6.07) is 16.3. The number of nitrogens with one attached hydrogen (secondary N) is 1. The van der Waals surface area contributed by atoms with E-state index in [1.54, 1.807) is 6.07 Å². The smallest absolute Gasteiger partial charge is 0.283 e. The van der Waals surface area contributed by atoms with E-state index in [9.17, 15) is 5.11 Å². The van der Waals surface area contributed by atoms with E-state index in [1.807, 2.05) is 18.2 Å². The topological polar surface area (TPSA) is 54.6 Å². The van der Waals surface area contributed by atoms with Crippen LogP contribution in [0.1, 0.15) is 30.9 Å². The van der Waals surface area contributed by atoms with Crippen molar-refractivity contribution in [1.29, 1.82) is 0 Å². The van der Waals surface area contributed by atoms with E-state index in [2.05, 4.69) is 36.5 Å². The van der Waals surface area contributed by atoms with Crippen LogP contribution < -0.4 is 10.1 Å². The van der Waals surface area contributed by atoms with Gasteiger partial charge in [-0.3, -0.25) is 5.32 Å². The van der Waals surface area contributed by atoms with Gasteiger partial charge < -0.3 is 14.3 Å². The Morgan fingerprint density at radius 2 is 2.04 bits per heavy atom. The quantitative estimate of drug-likeness (QED) is 0.678. The lowest BCUT2D eigenvalue weighted by Gasteiger charge is -2.30. The highest BCUT2D eigenvalue weighted by molar-refractivity contribution is 5.85. The third kappa shape index (κ3) is 3.35. The van der Waals surface area contributed by atoms with Crippen molar-refractivity contribution in [2.75, 3.05) is 0 Å². The maximum Gasteiger partial charge on any atom is 0.283 e. The molecule has 0 saturated carbocycles. The van der Waals surface area contributed by atoms with Gasteiger partial charge in [0.2, 0.25) is 0 Å². The fourth-order valence-electron chi connectivity index (χ4n) is 3.61. The van der Waals surface area contributed by atoms with Gasteiger partial charge in [0.25, 0.3) is 5.95 Å². The van der Waals surface area contributed by atoms with Gasteiger partial charge in [0, 0.05) is 12.1 Å². The van der Waals surface area contributed by atoms with Crippen LogP contribution in [0.4, 0.5) is 0 Å². The fraction of sp³-hybridized carbons (Fsp3) is 0.333. The monoisotopic (exact) mass is 337 g/mol. The molecule has 0 radical (unpaired) electrons. The van der Waals surface area contributed by atoms with Gasteiger partial charge in [-0.05, 0) is 48.9 Å². The lowest BCUT2D eigenvalue weighted by molar-refractivity contribution is 0.141. The molecular weight excluding hydrogens is 314 g/mol. The van der Waals surface area contributed by atoms with Gasteiger partial charge in [-0.25, -0.2) is 0 Å². The maximum atomic E-state index is 9.59. The zero-order chi connectivity index (χ0) is 17.2. The number of fused-ring (bicyclic) bond motifs is 2. The van der Waals surface area contributed by atoms with Crippen molar-refractivity contribution in [2.45, 2.75) is 44.9 Å². The minimum Gasteiger partial charge on any atom is -0.481 e. The van der Waals surface area contributed by atoms with Gasteiger partial charge in [0.05, 0.1) is 5.39 Å². The van der Waals surface area contributed by atoms with Crippen molar-refractivity contribution >= 4 is 11.0 Å². The van der Waals surface area contributed by atoms with E-state index in [4.69, 9.17) is 9.15 Å². The third-order valence-corrected chi connectivity index (χ3v) is 4.92. The Morgan fingerprint density at radius 3 is 2.88 bits per heavy atom. The van der Waals surface area contributed by atoms with Crippen molar-refractivity contribution in [3.05, 3.63) is 59.7 Å². The van der Waals surface area contributed by atoms with E-state index in [0.29, 0.717) is 11.6 Å². The number of rotatable bonds is 5. The zero-order valence-electron chi connectivity index (χ0n) is 14.4.